The highest BCUT2D eigenvalue weighted by Gasteiger charge is 2.26. The Bertz CT molecular complexity index is 938. The Kier molecular flexibility index (Phi) is 8.02. The number of hydrogen-bond acceptors (Lipinski definition) is 6. The molecule has 2 aromatic carbocycles. The second-order valence-electron chi connectivity index (χ2n) is 7.68. The van der Waals surface area contributed by atoms with E-state index in [1.54, 1.807) is 35.2 Å². The fraction of sp³-hybridized carbons (Fsp3) is 0.391. The van der Waals surface area contributed by atoms with Crippen LogP contribution in [0.25, 0.3) is 0 Å². The van der Waals surface area contributed by atoms with Gasteiger partial charge in [-0.25, -0.2) is 4.39 Å². The number of rotatable bonds is 9. The molecular formula is C23H28FN3O5. The number of β-amino-alcohol motifs (C(OH)–C–C–N with tert-alkyl or cyclic N) is 1. The first-order valence-electron chi connectivity index (χ1n) is 10.3. The second kappa shape index (κ2) is 10.9. The summed E-state index contributed by atoms with van der Waals surface area (Å²) in [5.74, 6) is 0.302. The van der Waals surface area contributed by atoms with Gasteiger partial charge in [0.15, 0.2) is 0 Å². The van der Waals surface area contributed by atoms with E-state index < -0.39 is 6.10 Å². The van der Waals surface area contributed by atoms with Gasteiger partial charge in [0.2, 0.25) is 11.8 Å². The van der Waals surface area contributed by atoms with Gasteiger partial charge >= 0.3 is 0 Å². The number of hydrogen-bond donors (Lipinski definition) is 2. The highest BCUT2D eigenvalue weighted by Crippen LogP contribution is 2.29. The van der Waals surface area contributed by atoms with Crippen molar-refractivity contribution < 1.29 is 28.6 Å². The third-order valence-corrected chi connectivity index (χ3v) is 5.08. The second-order valence-corrected chi connectivity index (χ2v) is 7.68. The molecule has 1 aliphatic rings. The molecule has 1 atom stereocenters. The number of carbonyl (C=O) groups is 2. The largest absolute Gasteiger partial charge is 0.497 e. The number of aliphatic hydroxyl groups excluding tert-OH is 1. The molecule has 172 valence electrons. The smallest absolute Gasteiger partial charge is 0.236 e. The van der Waals surface area contributed by atoms with E-state index in [2.05, 4.69) is 5.32 Å². The Morgan fingerprint density at radius 3 is 2.62 bits per heavy atom. The first-order chi connectivity index (χ1) is 15.3. The Morgan fingerprint density at radius 1 is 1.22 bits per heavy atom. The van der Waals surface area contributed by atoms with Gasteiger partial charge in [-0.15, -0.1) is 0 Å². The van der Waals surface area contributed by atoms with Crippen LogP contribution >= 0.6 is 0 Å². The zero-order chi connectivity index (χ0) is 23.1. The third-order valence-electron chi connectivity index (χ3n) is 5.08. The number of benzene rings is 2. The van der Waals surface area contributed by atoms with Crippen LogP contribution < -0.4 is 14.8 Å². The summed E-state index contributed by atoms with van der Waals surface area (Å²) in [5.41, 5.74) is 1.41. The van der Waals surface area contributed by atoms with Gasteiger partial charge in [-0.3, -0.25) is 14.5 Å². The molecule has 0 saturated carbocycles. The molecule has 1 heterocycles. The monoisotopic (exact) mass is 445 g/mol. The highest BCUT2D eigenvalue weighted by atomic mass is 19.1. The number of halogens is 1. The topological polar surface area (TPSA) is 91.3 Å². The lowest BCUT2D eigenvalue weighted by molar-refractivity contribution is -0.138. The van der Waals surface area contributed by atoms with Gasteiger partial charge in [-0.05, 0) is 29.8 Å². The van der Waals surface area contributed by atoms with Gasteiger partial charge in [-0.1, -0.05) is 12.1 Å². The van der Waals surface area contributed by atoms with E-state index in [4.69, 9.17) is 9.47 Å². The van der Waals surface area contributed by atoms with E-state index in [1.807, 2.05) is 4.90 Å². The van der Waals surface area contributed by atoms with Gasteiger partial charge in [0.05, 0.1) is 19.3 Å². The number of methoxy groups -OCH3 is 1. The summed E-state index contributed by atoms with van der Waals surface area (Å²) >= 11 is 0. The van der Waals surface area contributed by atoms with E-state index >= 15 is 0 Å². The van der Waals surface area contributed by atoms with Crippen molar-refractivity contribution >= 4 is 17.5 Å². The predicted octanol–water partition coefficient (Wildman–Crippen LogP) is 1.88. The van der Waals surface area contributed by atoms with E-state index in [0.717, 1.165) is 5.56 Å². The van der Waals surface area contributed by atoms with Crippen LogP contribution in [0.5, 0.6) is 11.5 Å². The van der Waals surface area contributed by atoms with Gasteiger partial charge < -0.3 is 24.8 Å². The first kappa shape index (κ1) is 23.5. The maximum atomic E-state index is 13.1. The van der Waals surface area contributed by atoms with Crippen LogP contribution in [0.1, 0.15) is 12.5 Å². The van der Waals surface area contributed by atoms with Crippen LogP contribution in [0.2, 0.25) is 0 Å². The Morgan fingerprint density at radius 2 is 1.97 bits per heavy atom. The fourth-order valence-electron chi connectivity index (χ4n) is 3.47. The molecule has 3 rings (SSSR count). The molecule has 0 spiro atoms. The molecule has 0 radical (unpaired) electrons. The molecule has 32 heavy (non-hydrogen) atoms. The van der Waals surface area contributed by atoms with Crippen LogP contribution in [0.15, 0.2) is 42.5 Å². The van der Waals surface area contributed by atoms with E-state index in [1.165, 1.54) is 26.2 Å². The summed E-state index contributed by atoms with van der Waals surface area (Å²) in [4.78, 5) is 27.5. The molecule has 0 bridgehead atoms. The number of amides is 2. The van der Waals surface area contributed by atoms with Crippen LogP contribution in [-0.4, -0.2) is 72.7 Å². The average molecular weight is 445 g/mol. The fourth-order valence-corrected chi connectivity index (χ4v) is 3.47. The standard InChI is InChI=1S/C23H28FN3O5/c1-16(28)25-21-8-7-20(31-2)11-22(21)32-15-19(29)13-27-10-9-26(14-23(27)30)12-17-3-5-18(24)6-4-17/h3-8,11,19,29H,9-10,12-15H2,1-2H3,(H,25,28)/t19-/m1/s1. The molecule has 0 aromatic heterocycles. The molecule has 0 unspecified atom stereocenters. The van der Waals surface area contributed by atoms with Crippen LogP contribution in [0, 0.1) is 5.82 Å². The van der Waals surface area contributed by atoms with E-state index in [0.29, 0.717) is 36.8 Å². The van der Waals surface area contributed by atoms with Crippen molar-refractivity contribution in [2.75, 3.05) is 45.2 Å². The summed E-state index contributed by atoms with van der Waals surface area (Å²) in [6.45, 7) is 3.41. The average Bonchev–Trinajstić information content (AvgIpc) is 2.76. The number of nitrogens with zero attached hydrogens (tertiary/aromatic N) is 2. The molecule has 2 N–H and O–H groups in total. The summed E-state index contributed by atoms with van der Waals surface area (Å²) < 4.78 is 23.9. The third kappa shape index (κ3) is 6.66. The molecule has 1 aliphatic heterocycles. The first-order valence-corrected chi connectivity index (χ1v) is 10.3. The molecular weight excluding hydrogens is 417 g/mol. The van der Waals surface area contributed by atoms with Gasteiger partial charge in [-0.2, -0.15) is 0 Å². The maximum absolute atomic E-state index is 13.1. The molecule has 0 aliphatic carbocycles. The minimum absolute atomic E-state index is 0.0528. The molecule has 2 aromatic rings. The van der Waals surface area contributed by atoms with Gasteiger partial charge in [0, 0.05) is 39.2 Å². The van der Waals surface area contributed by atoms with Crippen molar-refractivity contribution in [3.63, 3.8) is 0 Å². The lowest BCUT2D eigenvalue weighted by Crippen LogP contribution is -2.52. The number of carbonyl (C=O) groups excluding carboxylic acids is 2. The molecule has 9 heteroatoms. The minimum Gasteiger partial charge on any atom is -0.497 e. The van der Waals surface area contributed by atoms with E-state index in [-0.39, 0.29) is 37.3 Å². The molecule has 8 nitrogen and oxygen atoms in total. The summed E-state index contributed by atoms with van der Waals surface area (Å²) in [6.07, 6.45) is -0.904. The number of nitrogens with one attached hydrogen (secondary N) is 1. The zero-order valence-corrected chi connectivity index (χ0v) is 18.2. The zero-order valence-electron chi connectivity index (χ0n) is 18.2. The summed E-state index contributed by atoms with van der Waals surface area (Å²) in [5, 5.41) is 13.1. The summed E-state index contributed by atoms with van der Waals surface area (Å²) in [6, 6.07) is 11.2. The van der Waals surface area contributed by atoms with Crippen LogP contribution in [-0.2, 0) is 16.1 Å². The van der Waals surface area contributed by atoms with Crippen molar-refractivity contribution in [2.45, 2.75) is 19.6 Å². The number of ether oxygens (including phenoxy) is 2. The van der Waals surface area contributed by atoms with Crippen molar-refractivity contribution in [3.05, 3.63) is 53.8 Å². The summed E-state index contributed by atoms with van der Waals surface area (Å²) in [7, 11) is 1.52. The maximum Gasteiger partial charge on any atom is 0.236 e. The predicted molar refractivity (Wildman–Crippen MR) is 117 cm³/mol. The normalized spacial score (nSPS) is 15.4. The lowest BCUT2D eigenvalue weighted by atomic mass is 10.2. The van der Waals surface area contributed by atoms with Crippen molar-refractivity contribution in [1.82, 2.24) is 9.80 Å². The van der Waals surface area contributed by atoms with E-state index in [9.17, 15) is 19.1 Å². The Balaban J connectivity index is 1.50. The Labute approximate surface area is 186 Å². The van der Waals surface area contributed by atoms with Crippen molar-refractivity contribution in [2.24, 2.45) is 0 Å². The van der Waals surface area contributed by atoms with Crippen molar-refractivity contribution in [1.29, 1.82) is 0 Å². The van der Waals surface area contributed by atoms with Gasteiger partial charge in [0.25, 0.3) is 0 Å². The Hall–Kier alpha value is -3.17. The SMILES string of the molecule is COc1ccc(NC(C)=O)c(OC[C@H](O)CN2CCN(Cc3ccc(F)cc3)CC2=O)c1. The number of piperazine rings is 1. The van der Waals surface area contributed by atoms with Gasteiger partial charge in [0.1, 0.15) is 30.0 Å². The van der Waals surface area contributed by atoms with Crippen LogP contribution in [0.4, 0.5) is 10.1 Å². The lowest BCUT2D eigenvalue weighted by Gasteiger charge is -2.35. The van der Waals surface area contributed by atoms with Crippen molar-refractivity contribution in [3.8, 4) is 11.5 Å². The molecule has 1 fully saturated rings. The number of aliphatic hydroxyl groups is 1. The van der Waals surface area contributed by atoms with Crippen LogP contribution in [0.3, 0.4) is 0 Å². The highest BCUT2D eigenvalue weighted by molar-refractivity contribution is 5.90. The quantitative estimate of drug-likeness (QED) is 0.613. The molecule has 1 saturated heterocycles. The molecule has 2 amide bonds. The number of anilines is 1. The minimum atomic E-state index is -0.904.